The molecule has 0 radical (unpaired) electrons. The van der Waals surface area contributed by atoms with Crippen molar-refractivity contribution in [2.75, 3.05) is 0 Å². The second kappa shape index (κ2) is 12.7. The van der Waals surface area contributed by atoms with Crippen LogP contribution in [-0.2, 0) is 5.41 Å². The molecule has 0 saturated heterocycles. The second-order valence-electron chi connectivity index (χ2n) is 15.4. The third-order valence-electron chi connectivity index (χ3n) is 11.5. The van der Waals surface area contributed by atoms with Gasteiger partial charge in [-0.3, -0.25) is 0 Å². The maximum Gasteiger partial charge on any atom is 0.178 e. The first kappa shape index (κ1) is 33.1. The molecule has 272 valence electrons. The van der Waals surface area contributed by atoms with Gasteiger partial charge in [-0.1, -0.05) is 147 Å². The van der Waals surface area contributed by atoms with Gasteiger partial charge in [0.25, 0.3) is 0 Å². The number of hydrogen-bond acceptors (Lipinski definition) is 5. The zero-order valence-corrected chi connectivity index (χ0v) is 31.7. The molecular formula is C52H36N2O3. The van der Waals surface area contributed by atoms with E-state index in [2.05, 4.69) is 147 Å². The predicted molar refractivity (Wildman–Crippen MR) is 228 cm³/mol. The van der Waals surface area contributed by atoms with Gasteiger partial charge in [-0.25, -0.2) is 9.97 Å². The van der Waals surface area contributed by atoms with Crippen LogP contribution < -0.4 is 9.47 Å². The summed E-state index contributed by atoms with van der Waals surface area (Å²) in [5, 5.41) is 1.10. The zero-order valence-electron chi connectivity index (χ0n) is 31.7. The van der Waals surface area contributed by atoms with Crippen LogP contribution in [0.4, 0.5) is 0 Å². The molecule has 9 aromatic rings. The number of hydrogen-bond donors (Lipinski definition) is 0. The molecule has 5 nitrogen and oxygen atoms in total. The topological polar surface area (TPSA) is 57.4 Å². The van der Waals surface area contributed by atoms with Crippen LogP contribution in [0.25, 0.3) is 78.3 Å². The van der Waals surface area contributed by atoms with Gasteiger partial charge < -0.3 is 13.9 Å². The molecule has 0 bridgehead atoms. The molecule has 0 saturated carbocycles. The Bertz CT molecular complexity index is 3050. The fourth-order valence-electron chi connectivity index (χ4n) is 8.62. The quantitative estimate of drug-likeness (QED) is 0.176. The summed E-state index contributed by atoms with van der Waals surface area (Å²) in [7, 11) is 0. The van der Waals surface area contributed by atoms with E-state index in [9.17, 15) is 0 Å². The normalized spacial score (nSPS) is 13.2. The van der Waals surface area contributed by atoms with Crippen molar-refractivity contribution in [1.29, 1.82) is 0 Å². The van der Waals surface area contributed by atoms with Crippen LogP contribution in [0.5, 0.6) is 23.0 Å². The van der Waals surface area contributed by atoms with Gasteiger partial charge in [0.1, 0.15) is 11.3 Å². The molecule has 0 N–H and O–H groups in total. The van der Waals surface area contributed by atoms with Crippen LogP contribution in [0.1, 0.15) is 30.7 Å². The Kier molecular flexibility index (Phi) is 7.35. The minimum absolute atomic E-state index is 0.133. The van der Waals surface area contributed by atoms with E-state index in [1.807, 2.05) is 37.3 Å². The standard InChI is InChI=1S/C52H36N2O3/c1-31-28-37-16-10-18-38(48(37)55-31)32-22-24-34(25-23-32)51-53-43(33-12-5-4-6-13-33)30-44(54-51)36-15-9-14-35(29-36)39-19-11-21-45-49(39)56-46-27-26-42-47(50(46)57-45)40-17-7-8-20-41(40)52(42,2)3/h4-30H,1-3H3. The third-order valence-corrected chi connectivity index (χ3v) is 11.5. The number of aromatic nitrogens is 2. The lowest BCUT2D eigenvalue weighted by molar-refractivity contribution is 0.361. The Morgan fingerprint density at radius 3 is 1.96 bits per heavy atom. The van der Waals surface area contributed by atoms with Gasteiger partial charge in [-0.15, -0.1) is 0 Å². The molecule has 0 spiro atoms. The summed E-state index contributed by atoms with van der Waals surface area (Å²) in [5.74, 6) is 4.42. The number of aryl methyl sites for hydroxylation is 1. The van der Waals surface area contributed by atoms with Gasteiger partial charge in [-0.05, 0) is 65.1 Å². The minimum atomic E-state index is -0.133. The van der Waals surface area contributed by atoms with Gasteiger partial charge in [0, 0.05) is 44.2 Å². The average molecular weight is 737 g/mol. The highest BCUT2D eigenvalue weighted by atomic mass is 16.6. The summed E-state index contributed by atoms with van der Waals surface area (Å²) in [6.07, 6.45) is 0. The Morgan fingerprint density at radius 2 is 1.11 bits per heavy atom. The van der Waals surface area contributed by atoms with Crippen molar-refractivity contribution in [3.05, 3.63) is 181 Å². The maximum absolute atomic E-state index is 6.78. The second-order valence-corrected chi connectivity index (χ2v) is 15.4. The Morgan fingerprint density at radius 1 is 0.456 bits per heavy atom. The van der Waals surface area contributed by atoms with Gasteiger partial charge in [-0.2, -0.15) is 0 Å². The molecule has 3 heterocycles. The van der Waals surface area contributed by atoms with E-state index >= 15 is 0 Å². The van der Waals surface area contributed by atoms with Crippen molar-refractivity contribution in [2.24, 2.45) is 0 Å². The molecule has 11 rings (SSSR count). The Labute approximate surface area is 330 Å². The Balaban J connectivity index is 0.975. The van der Waals surface area contributed by atoms with Crippen molar-refractivity contribution in [3.63, 3.8) is 0 Å². The largest absolute Gasteiger partial charge is 0.461 e. The number of benzene rings is 7. The highest BCUT2D eigenvalue weighted by molar-refractivity contribution is 5.93. The summed E-state index contributed by atoms with van der Waals surface area (Å²) >= 11 is 0. The van der Waals surface area contributed by atoms with Gasteiger partial charge in [0.15, 0.2) is 28.8 Å². The molecule has 1 aliphatic carbocycles. The molecule has 0 atom stereocenters. The van der Waals surface area contributed by atoms with Crippen molar-refractivity contribution < 1.29 is 13.9 Å². The number of nitrogens with zero attached hydrogens (tertiary/aromatic N) is 2. The highest BCUT2D eigenvalue weighted by Gasteiger charge is 2.39. The molecule has 7 aromatic carbocycles. The molecule has 0 amide bonds. The highest BCUT2D eigenvalue weighted by Crippen LogP contribution is 2.59. The SMILES string of the molecule is Cc1cc2cccc(-c3ccc(-c4nc(-c5ccccc5)cc(-c5cccc(-c6cccc7c6Oc6ccc8c(c6O7)-c6ccccc6C8(C)C)c5)n4)cc3)c2o1. The first-order valence-corrected chi connectivity index (χ1v) is 19.3. The maximum atomic E-state index is 6.78. The van der Waals surface area contributed by atoms with Crippen molar-refractivity contribution >= 4 is 11.0 Å². The molecule has 2 aliphatic rings. The fraction of sp³-hybridized carbons (Fsp3) is 0.0769. The number of ether oxygens (including phenoxy) is 2. The van der Waals surface area contributed by atoms with Crippen molar-refractivity contribution in [1.82, 2.24) is 9.97 Å². The van der Waals surface area contributed by atoms with E-state index < -0.39 is 0 Å². The van der Waals surface area contributed by atoms with Crippen LogP contribution in [0.15, 0.2) is 168 Å². The predicted octanol–water partition coefficient (Wildman–Crippen LogP) is 14.1. The molecule has 0 unspecified atom stereocenters. The van der Waals surface area contributed by atoms with Crippen LogP contribution in [-0.4, -0.2) is 9.97 Å². The molecule has 1 aliphatic heterocycles. The minimum Gasteiger partial charge on any atom is -0.461 e. The molecule has 5 heteroatoms. The first-order chi connectivity index (χ1) is 27.9. The van der Waals surface area contributed by atoms with Gasteiger partial charge in [0.05, 0.1) is 11.4 Å². The first-order valence-electron chi connectivity index (χ1n) is 19.3. The van der Waals surface area contributed by atoms with E-state index in [4.69, 9.17) is 23.9 Å². The molecule has 0 fully saturated rings. The van der Waals surface area contributed by atoms with E-state index in [0.29, 0.717) is 23.1 Å². The molecule has 57 heavy (non-hydrogen) atoms. The van der Waals surface area contributed by atoms with Gasteiger partial charge >= 0.3 is 0 Å². The van der Waals surface area contributed by atoms with E-state index in [1.54, 1.807) is 0 Å². The summed E-state index contributed by atoms with van der Waals surface area (Å²) < 4.78 is 19.6. The van der Waals surface area contributed by atoms with E-state index in [1.165, 1.54) is 16.7 Å². The monoisotopic (exact) mass is 736 g/mol. The third kappa shape index (κ3) is 5.38. The Hall–Kier alpha value is -7.24. The van der Waals surface area contributed by atoms with Crippen LogP contribution in [0.2, 0.25) is 0 Å². The summed E-state index contributed by atoms with van der Waals surface area (Å²) in [6, 6.07) is 56.5. The fourth-order valence-corrected chi connectivity index (χ4v) is 8.62. The number of fused-ring (bicyclic) bond motifs is 7. The van der Waals surface area contributed by atoms with E-state index in [-0.39, 0.29) is 5.41 Å². The lowest BCUT2D eigenvalue weighted by Crippen LogP contribution is -2.15. The summed E-state index contributed by atoms with van der Waals surface area (Å²) in [5.41, 5.74) is 14.3. The average Bonchev–Trinajstić information content (AvgIpc) is 3.76. The molecule has 2 aromatic heterocycles. The summed E-state index contributed by atoms with van der Waals surface area (Å²) in [4.78, 5) is 10.3. The van der Waals surface area contributed by atoms with Crippen molar-refractivity contribution in [2.45, 2.75) is 26.2 Å². The van der Waals surface area contributed by atoms with Crippen LogP contribution in [0, 0.1) is 6.92 Å². The number of para-hydroxylation sites is 2. The smallest absolute Gasteiger partial charge is 0.178 e. The summed E-state index contributed by atoms with van der Waals surface area (Å²) in [6.45, 7) is 6.53. The molecular weight excluding hydrogens is 701 g/mol. The number of rotatable bonds is 5. The lowest BCUT2D eigenvalue weighted by Gasteiger charge is -2.26. The van der Waals surface area contributed by atoms with Gasteiger partial charge in [0.2, 0.25) is 0 Å². The lowest BCUT2D eigenvalue weighted by atomic mass is 9.82. The van der Waals surface area contributed by atoms with Crippen molar-refractivity contribution in [3.8, 4) is 90.3 Å². The zero-order chi connectivity index (χ0) is 38.3. The van der Waals surface area contributed by atoms with E-state index in [0.717, 1.165) is 78.4 Å². The van der Waals surface area contributed by atoms with Crippen LogP contribution in [0.3, 0.4) is 0 Å². The van der Waals surface area contributed by atoms with Crippen LogP contribution >= 0.6 is 0 Å². The number of furan rings is 1.